The number of hydrogen-bond donors (Lipinski definition) is 0. The second kappa shape index (κ2) is 10.3. The van der Waals surface area contributed by atoms with Crippen LogP contribution in [-0.2, 0) is 11.4 Å². The fraction of sp³-hybridized carbons (Fsp3) is 0.423. The van der Waals surface area contributed by atoms with E-state index in [1.807, 2.05) is 63.0 Å². The Balaban J connectivity index is 1.13. The molecule has 2 aliphatic heterocycles. The summed E-state index contributed by atoms with van der Waals surface area (Å²) in [5, 5.41) is 0. The van der Waals surface area contributed by atoms with E-state index in [2.05, 4.69) is 9.88 Å². The molecule has 0 bridgehead atoms. The Bertz CT molecular complexity index is 1110. The highest BCUT2D eigenvalue weighted by molar-refractivity contribution is 5.94. The first-order valence-corrected chi connectivity index (χ1v) is 12.1. The van der Waals surface area contributed by atoms with Gasteiger partial charge in [-0.05, 0) is 49.6 Å². The van der Waals surface area contributed by atoms with Gasteiger partial charge in [-0.15, -0.1) is 0 Å². The quantitative estimate of drug-likeness (QED) is 0.565. The lowest BCUT2D eigenvalue weighted by Crippen LogP contribution is -2.52. The van der Waals surface area contributed by atoms with Crippen molar-refractivity contribution in [3.8, 4) is 5.75 Å². The molecule has 0 radical (unpaired) electrons. The van der Waals surface area contributed by atoms with Gasteiger partial charge in [0.05, 0.1) is 12.2 Å². The van der Waals surface area contributed by atoms with E-state index < -0.39 is 0 Å². The summed E-state index contributed by atoms with van der Waals surface area (Å²) >= 11 is 0. The maximum Gasteiger partial charge on any atom is 0.254 e. The molecule has 0 saturated carbocycles. The molecule has 0 N–H and O–H groups in total. The van der Waals surface area contributed by atoms with Gasteiger partial charge in [0.1, 0.15) is 18.0 Å². The Morgan fingerprint density at radius 1 is 0.882 bits per heavy atom. The van der Waals surface area contributed by atoms with E-state index in [1.54, 1.807) is 6.07 Å². The largest absolute Gasteiger partial charge is 0.487 e. The van der Waals surface area contributed by atoms with Crippen molar-refractivity contribution in [2.45, 2.75) is 25.9 Å². The number of carbonyl (C=O) groups is 2. The van der Waals surface area contributed by atoms with Gasteiger partial charge in [-0.3, -0.25) is 14.5 Å². The number of aromatic nitrogens is 2. The Morgan fingerprint density at radius 2 is 1.71 bits per heavy atom. The third-order valence-electron chi connectivity index (χ3n) is 6.61. The topological polar surface area (TPSA) is 70.4 Å². The maximum atomic E-state index is 13.1. The van der Waals surface area contributed by atoms with Crippen molar-refractivity contribution in [1.29, 1.82) is 0 Å². The summed E-state index contributed by atoms with van der Waals surface area (Å²) in [6.45, 7) is 5.23. The number of amides is 2. The zero-order chi connectivity index (χ0) is 23.3. The molecule has 2 fully saturated rings. The zero-order valence-corrected chi connectivity index (χ0v) is 19.4. The van der Waals surface area contributed by atoms with Crippen LogP contribution in [0.15, 0.2) is 54.9 Å². The smallest absolute Gasteiger partial charge is 0.254 e. The molecule has 3 aromatic rings. The van der Waals surface area contributed by atoms with E-state index in [-0.39, 0.29) is 11.8 Å². The maximum absolute atomic E-state index is 13.1. The summed E-state index contributed by atoms with van der Waals surface area (Å²) in [4.78, 5) is 36.2. The van der Waals surface area contributed by atoms with Crippen LogP contribution in [0.3, 0.4) is 0 Å². The number of hydrogen-bond acceptors (Lipinski definition) is 5. The Labute approximate surface area is 199 Å². The summed E-state index contributed by atoms with van der Waals surface area (Å²) < 4.78 is 7.88. The van der Waals surface area contributed by atoms with E-state index in [0.29, 0.717) is 37.6 Å². The molecule has 0 atom stereocenters. The number of nitrogens with zero attached hydrogens (tertiary/aromatic N) is 5. The SMILES string of the molecule is O=C(CN1CCN(C(=O)c2cccc(OCc3cn4ccccc4n3)c2)CC1)N1CCCCC1. The molecule has 1 aromatic carbocycles. The van der Waals surface area contributed by atoms with Gasteiger partial charge in [0.25, 0.3) is 5.91 Å². The van der Waals surface area contributed by atoms with Gasteiger partial charge < -0.3 is 18.9 Å². The second-order valence-corrected chi connectivity index (χ2v) is 9.02. The molecule has 2 amide bonds. The highest BCUT2D eigenvalue weighted by Gasteiger charge is 2.25. The van der Waals surface area contributed by atoms with Crippen molar-refractivity contribution in [1.82, 2.24) is 24.1 Å². The minimum absolute atomic E-state index is 0.000173. The van der Waals surface area contributed by atoms with Gasteiger partial charge in [-0.1, -0.05) is 12.1 Å². The van der Waals surface area contributed by atoms with E-state index in [1.165, 1.54) is 6.42 Å². The predicted octanol–water partition coefficient (Wildman–Crippen LogP) is 2.68. The van der Waals surface area contributed by atoms with Crippen molar-refractivity contribution in [2.75, 3.05) is 45.8 Å². The van der Waals surface area contributed by atoms with Crippen LogP contribution in [0.25, 0.3) is 5.65 Å². The molecule has 0 spiro atoms. The number of rotatable bonds is 6. The van der Waals surface area contributed by atoms with E-state index >= 15 is 0 Å². The highest BCUT2D eigenvalue weighted by Crippen LogP contribution is 2.18. The summed E-state index contributed by atoms with van der Waals surface area (Å²) in [6, 6.07) is 13.2. The number of carbonyl (C=O) groups excluding carboxylic acids is 2. The van der Waals surface area contributed by atoms with Crippen LogP contribution >= 0.6 is 0 Å². The molecule has 5 rings (SSSR count). The number of imidazole rings is 1. The fourth-order valence-corrected chi connectivity index (χ4v) is 4.66. The molecule has 0 unspecified atom stereocenters. The van der Waals surface area contributed by atoms with Crippen LogP contribution in [0.1, 0.15) is 35.3 Å². The lowest BCUT2D eigenvalue weighted by atomic mass is 10.1. The first kappa shape index (κ1) is 22.4. The zero-order valence-electron chi connectivity index (χ0n) is 19.4. The number of piperidine rings is 1. The van der Waals surface area contributed by atoms with Crippen molar-refractivity contribution < 1.29 is 14.3 Å². The number of ether oxygens (including phenoxy) is 1. The molecule has 4 heterocycles. The van der Waals surface area contributed by atoms with Crippen LogP contribution in [-0.4, -0.2) is 81.7 Å². The monoisotopic (exact) mass is 461 g/mol. The van der Waals surface area contributed by atoms with Gasteiger partial charge in [0.15, 0.2) is 0 Å². The minimum Gasteiger partial charge on any atom is -0.487 e. The summed E-state index contributed by atoms with van der Waals surface area (Å²) in [7, 11) is 0. The number of benzene rings is 1. The van der Waals surface area contributed by atoms with Crippen molar-refractivity contribution in [3.05, 3.63) is 66.1 Å². The fourth-order valence-electron chi connectivity index (χ4n) is 4.66. The standard InChI is InChI=1S/C26H31N5O3/c32-25(29-10-3-1-4-11-29)19-28-13-15-30(16-14-28)26(33)21-7-6-8-23(17-21)34-20-22-18-31-12-5-2-9-24(31)27-22/h2,5-9,12,17-18H,1,3-4,10-11,13-16,19-20H2. The van der Waals surface area contributed by atoms with Crippen LogP contribution in [0, 0.1) is 0 Å². The molecular weight excluding hydrogens is 430 g/mol. The molecule has 178 valence electrons. The molecule has 2 aromatic heterocycles. The first-order valence-electron chi connectivity index (χ1n) is 12.1. The molecule has 8 heteroatoms. The average Bonchev–Trinajstić information content (AvgIpc) is 3.31. The van der Waals surface area contributed by atoms with Gasteiger partial charge >= 0.3 is 0 Å². The van der Waals surface area contributed by atoms with Crippen molar-refractivity contribution >= 4 is 17.5 Å². The Hall–Kier alpha value is -3.39. The number of fused-ring (bicyclic) bond motifs is 1. The summed E-state index contributed by atoms with van der Waals surface area (Å²) in [5.74, 6) is 0.865. The Kier molecular flexibility index (Phi) is 6.76. The first-order chi connectivity index (χ1) is 16.7. The molecule has 2 saturated heterocycles. The van der Waals surface area contributed by atoms with Crippen LogP contribution < -0.4 is 4.74 Å². The minimum atomic E-state index is 0.000173. The average molecular weight is 462 g/mol. The van der Waals surface area contributed by atoms with Gasteiger partial charge in [-0.2, -0.15) is 0 Å². The summed E-state index contributed by atoms with van der Waals surface area (Å²) in [5.41, 5.74) is 2.32. The van der Waals surface area contributed by atoms with Gasteiger partial charge in [-0.25, -0.2) is 4.98 Å². The van der Waals surface area contributed by atoms with E-state index in [4.69, 9.17) is 4.74 Å². The van der Waals surface area contributed by atoms with Gasteiger partial charge in [0.2, 0.25) is 5.91 Å². The number of piperazine rings is 1. The number of likely N-dealkylation sites (tertiary alicyclic amines) is 1. The molecule has 8 nitrogen and oxygen atoms in total. The third-order valence-corrected chi connectivity index (χ3v) is 6.61. The summed E-state index contributed by atoms with van der Waals surface area (Å²) in [6.07, 6.45) is 7.33. The van der Waals surface area contributed by atoms with E-state index in [0.717, 1.165) is 50.4 Å². The Morgan fingerprint density at radius 3 is 2.50 bits per heavy atom. The molecular formula is C26H31N5O3. The van der Waals surface area contributed by atoms with Crippen LogP contribution in [0.2, 0.25) is 0 Å². The molecule has 2 aliphatic rings. The lowest BCUT2D eigenvalue weighted by molar-refractivity contribution is -0.133. The normalized spacial score (nSPS) is 17.2. The van der Waals surface area contributed by atoms with Gasteiger partial charge in [0, 0.05) is 57.2 Å². The number of pyridine rings is 1. The van der Waals surface area contributed by atoms with Crippen molar-refractivity contribution in [3.63, 3.8) is 0 Å². The second-order valence-electron chi connectivity index (χ2n) is 9.02. The van der Waals surface area contributed by atoms with Crippen LogP contribution in [0.5, 0.6) is 5.75 Å². The predicted molar refractivity (Wildman–Crippen MR) is 129 cm³/mol. The third kappa shape index (κ3) is 5.22. The molecule has 0 aliphatic carbocycles. The lowest BCUT2D eigenvalue weighted by Gasteiger charge is -2.36. The van der Waals surface area contributed by atoms with Crippen molar-refractivity contribution in [2.24, 2.45) is 0 Å². The van der Waals surface area contributed by atoms with Crippen LogP contribution in [0.4, 0.5) is 0 Å². The van der Waals surface area contributed by atoms with E-state index in [9.17, 15) is 9.59 Å². The highest BCUT2D eigenvalue weighted by atomic mass is 16.5. The molecule has 34 heavy (non-hydrogen) atoms.